The summed E-state index contributed by atoms with van der Waals surface area (Å²) in [5, 5.41) is 107. The number of aliphatic hydroxyl groups excluding tert-OH is 10. The summed E-state index contributed by atoms with van der Waals surface area (Å²) in [5.74, 6) is -2.53. The molecule has 0 spiro atoms. The van der Waals surface area contributed by atoms with E-state index in [9.17, 15) is 51.1 Å². The Morgan fingerprint density at radius 2 is 1.47 bits per heavy atom. The third-order valence-electron chi connectivity index (χ3n) is 10.6. The minimum atomic E-state index is -1.94. The number of unbranched alkanes of at least 4 members (excludes halogenated alkanes) is 2. The van der Waals surface area contributed by atoms with Crippen molar-refractivity contribution in [3.63, 3.8) is 0 Å². The Kier molecular flexibility index (Phi) is 18.7. The third-order valence-corrected chi connectivity index (χ3v) is 10.6. The Labute approximate surface area is 290 Å². The standard InChI is InChI=1S/C33H66N2O14/c1-6-19(4)33(30(45)28(43)25(40)22(16-36)49-33)47-18-23-26(41)27(42)29(44)31(48-23)32(7-2,8-3)46-17-21(38)24(39)20(37)12-15-35(5)14-11-9-10-13-34/h19-31,36-45H,6-18,34H2,1-5H3. The van der Waals surface area contributed by atoms with Gasteiger partial charge in [-0.1, -0.05) is 34.1 Å². The van der Waals surface area contributed by atoms with Gasteiger partial charge in [0.15, 0.2) is 5.79 Å². The van der Waals surface area contributed by atoms with Crippen molar-refractivity contribution in [2.24, 2.45) is 11.7 Å². The molecule has 0 aromatic carbocycles. The fraction of sp³-hybridized carbons (Fsp3) is 1.00. The van der Waals surface area contributed by atoms with Crippen LogP contribution in [0.1, 0.15) is 72.6 Å². The lowest BCUT2D eigenvalue weighted by Gasteiger charge is -2.52. The van der Waals surface area contributed by atoms with Crippen molar-refractivity contribution in [3.8, 4) is 0 Å². The highest BCUT2D eigenvalue weighted by Gasteiger charge is 2.58. The maximum atomic E-state index is 11.1. The highest BCUT2D eigenvalue weighted by atomic mass is 16.7. The Morgan fingerprint density at radius 1 is 0.837 bits per heavy atom. The monoisotopic (exact) mass is 714 g/mol. The van der Waals surface area contributed by atoms with Crippen LogP contribution >= 0.6 is 0 Å². The number of aliphatic hydroxyl groups is 10. The van der Waals surface area contributed by atoms with Crippen LogP contribution in [-0.4, -0.2) is 187 Å². The average molecular weight is 715 g/mol. The van der Waals surface area contributed by atoms with Gasteiger partial charge in [-0.2, -0.15) is 0 Å². The molecule has 0 aromatic heterocycles. The molecule has 0 bridgehead atoms. The number of rotatable bonds is 22. The van der Waals surface area contributed by atoms with Gasteiger partial charge in [0.05, 0.1) is 31.5 Å². The van der Waals surface area contributed by atoms with Crippen molar-refractivity contribution in [2.75, 3.05) is 46.5 Å². The number of nitrogens with two attached hydrogens (primary N) is 1. The molecule has 0 amide bonds. The van der Waals surface area contributed by atoms with Gasteiger partial charge in [-0.05, 0) is 58.7 Å². The molecule has 0 radical (unpaired) electrons. The van der Waals surface area contributed by atoms with Crippen molar-refractivity contribution in [1.82, 2.24) is 4.90 Å². The summed E-state index contributed by atoms with van der Waals surface area (Å²) in [6, 6.07) is 0. The summed E-state index contributed by atoms with van der Waals surface area (Å²) in [6.07, 6.45) is -14.4. The zero-order valence-electron chi connectivity index (χ0n) is 29.8. The van der Waals surface area contributed by atoms with E-state index in [-0.39, 0.29) is 19.3 Å². The largest absolute Gasteiger partial charge is 0.394 e. The second-order valence-corrected chi connectivity index (χ2v) is 13.8. The van der Waals surface area contributed by atoms with Crippen LogP contribution in [0.2, 0.25) is 0 Å². The van der Waals surface area contributed by atoms with Crippen molar-refractivity contribution in [1.29, 1.82) is 0 Å². The molecule has 2 heterocycles. The van der Waals surface area contributed by atoms with E-state index in [4.69, 9.17) is 24.7 Å². The molecule has 0 aromatic rings. The minimum absolute atomic E-state index is 0.208. The maximum Gasteiger partial charge on any atom is 0.200 e. The Bertz CT molecular complexity index is 919. The Morgan fingerprint density at radius 3 is 2.04 bits per heavy atom. The fourth-order valence-electron chi connectivity index (χ4n) is 6.74. The summed E-state index contributed by atoms with van der Waals surface area (Å²) in [5.41, 5.74) is 4.19. The highest BCUT2D eigenvalue weighted by Crippen LogP contribution is 2.40. The van der Waals surface area contributed by atoms with E-state index >= 15 is 0 Å². The van der Waals surface area contributed by atoms with Crippen molar-refractivity contribution >= 4 is 0 Å². The van der Waals surface area contributed by atoms with Gasteiger partial charge in [-0.15, -0.1) is 0 Å². The molecule has 49 heavy (non-hydrogen) atoms. The first kappa shape index (κ1) is 44.5. The molecule has 2 aliphatic rings. The van der Waals surface area contributed by atoms with E-state index in [0.29, 0.717) is 19.5 Å². The van der Waals surface area contributed by atoms with E-state index in [2.05, 4.69) is 0 Å². The first-order chi connectivity index (χ1) is 23.1. The maximum absolute atomic E-state index is 11.1. The SMILES string of the molecule is CCC(C)C1(OCC2OC(C(CC)(CC)OCC(O)C(O)C(O)CCN(C)CCCCCN)C(O)C(O)C2O)OC(CO)C(O)C(O)C1O. The van der Waals surface area contributed by atoms with Crippen LogP contribution < -0.4 is 5.73 Å². The molecular formula is C33H66N2O14. The molecule has 16 nitrogen and oxygen atoms in total. The van der Waals surface area contributed by atoms with Crippen molar-refractivity contribution in [2.45, 2.75) is 157 Å². The van der Waals surface area contributed by atoms with Crippen molar-refractivity contribution in [3.05, 3.63) is 0 Å². The average Bonchev–Trinajstić information content (AvgIpc) is 3.11. The van der Waals surface area contributed by atoms with Gasteiger partial charge in [-0.25, -0.2) is 0 Å². The van der Waals surface area contributed by atoms with E-state index in [0.717, 1.165) is 25.8 Å². The zero-order valence-corrected chi connectivity index (χ0v) is 29.8. The van der Waals surface area contributed by atoms with E-state index in [1.54, 1.807) is 27.7 Å². The quantitative estimate of drug-likeness (QED) is 0.0505. The first-order valence-corrected chi connectivity index (χ1v) is 17.8. The normalized spacial score (nSPS) is 35.3. The summed E-state index contributed by atoms with van der Waals surface area (Å²) >= 11 is 0. The lowest BCUT2D eigenvalue weighted by Crippen LogP contribution is -2.70. The minimum Gasteiger partial charge on any atom is -0.394 e. The van der Waals surface area contributed by atoms with Gasteiger partial charge in [0, 0.05) is 12.5 Å². The molecule has 12 N–H and O–H groups in total. The highest BCUT2D eigenvalue weighted by molar-refractivity contribution is 5.03. The molecule has 2 fully saturated rings. The molecule has 0 aliphatic carbocycles. The number of nitrogens with zero attached hydrogens (tertiary/aromatic N) is 1. The van der Waals surface area contributed by atoms with Gasteiger partial charge < -0.3 is 80.6 Å². The summed E-state index contributed by atoms with van der Waals surface area (Å²) in [4.78, 5) is 2.03. The summed E-state index contributed by atoms with van der Waals surface area (Å²) < 4.78 is 24.2. The predicted octanol–water partition coefficient (Wildman–Crippen LogP) is -2.82. The second kappa shape index (κ2) is 20.6. The Hall–Kier alpha value is -0.640. The van der Waals surface area contributed by atoms with Gasteiger partial charge in [0.25, 0.3) is 0 Å². The first-order valence-electron chi connectivity index (χ1n) is 17.8. The van der Waals surface area contributed by atoms with Crippen LogP contribution in [0, 0.1) is 5.92 Å². The third kappa shape index (κ3) is 10.7. The summed E-state index contributed by atoms with van der Waals surface area (Å²) in [6.45, 7) is 7.25. The number of ether oxygens (including phenoxy) is 4. The fourth-order valence-corrected chi connectivity index (χ4v) is 6.74. The molecule has 2 rings (SSSR count). The zero-order chi connectivity index (χ0) is 37.1. The molecule has 2 aliphatic heterocycles. The predicted molar refractivity (Wildman–Crippen MR) is 177 cm³/mol. The molecule has 292 valence electrons. The lowest BCUT2D eigenvalue weighted by atomic mass is 9.81. The van der Waals surface area contributed by atoms with Crippen LogP contribution in [0.4, 0.5) is 0 Å². The van der Waals surface area contributed by atoms with E-state index in [1.165, 1.54) is 0 Å². The van der Waals surface area contributed by atoms with Crippen LogP contribution in [0.3, 0.4) is 0 Å². The Balaban J connectivity index is 2.16. The molecule has 0 saturated carbocycles. The van der Waals surface area contributed by atoms with Crippen LogP contribution in [0.25, 0.3) is 0 Å². The second-order valence-electron chi connectivity index (χ2n) is 13.8. The molecule has 16 heteroatoms. The van der Waals surface area contributed by atoms with Gasteiger partial charge in [-0.3, -0.25) is 0 Å². The lowest BCUT2D eigenvalue weighted by molar-refractivity contribution is -0.390. The topological polar surface area (TPSA) is 268 Å². The molecule has 14 unspecified atom stereocenters. The van der Waals surface area contributed by atoms with Crippen molar-refractivity contribution < 1.29 is 70.0 Å². The van der Waals surface area contributed by atoms with Crippen LogP contribution in [0.5, 0.6) is 0 Å². The van der Waals surface area contributed by atoms with Gasteiger partial charge in [0.1, 0.15) is 67.1 Å². The van der Waals surface area contributed by atoms with Crippen LogP contribution in [0.15, 0.2) is 0 Å². The van der Waals surface area contributed by atoms with E-state index in [1.807, 2.05) is 11.9 Å². The van der Waals surface area contributed by atoms with E-state index < -0.39 is 110 Å². The van der Waals surface area contributed by atoms with Crippen LogP contribution in [-0.2, 0) is 18.9 Å². The molecular weight excluding hydrogens is 648 g/mol. The van der Waals surface area contributed by atoms with Gasteiger partial charge in [0.2, 0.25) is 0 Å². The summed E-state index contributed by atoms with van der Waals surface area (Å²) in [7, 11) is 1.91. The van der Waals surface area contributed by atoms with Gasteiger partial charge >= 0.3 is 0 Å². The number of hydrogen-bond acceptors (Lipinski definition) is 16. The smallest absolute Gasteiger partial charge is 0.200 e. The molecule has 2 saturated heterocycles. The molecule has 14 atom stereocenters. The number of hydrogen-bond donors (Lipinski definition) is 11.